The van der Waals surface area contributed by atoms with Crippen LogP contribution in [0.15, 0.2) is 41.0 Å². The Morgan fingerprint density at radius 1 is 1.15 bits per heavy atom. The summed E-state index contributed by atoms with van der Waals surface area (Å²) in [5.41, 5.74) is 5.60. The molecular formula is C21H23NO4. The van der Waals surface area contributed by atoms with Crippen molar-refractivity contribution < 1.29 is 19.1 Å². The maximum Gasteiger partial charge on any atom is 0.228 e. The second-order valence-corrected chi connectivity index (χ2v) is 6.42. The zero-order valence-corrected chi connectivity index (χ0v) is 15.3. The molecule has 136 valence electrons. The number of aryl methyl sites for hydroxylation is 3. The molecule has 0 aliphatic heterocycles. The van der Waals surface area contributed by atoms with Crippen LogP contribution in [0.2, 0.25) is 0 Å². The van der Waals surface area contributed by atoms with Crippen LogP contribution in [0.1, 0.15) is 22.3 Å². The minimum absolute atomic E-state index is 0.0322. The fourth-order valence-electron chi connectivity index (χ4n) is 2.95. The number of fused-ring (bicyclic) bond motifs is 1. The topological polar surface area (TPSA) is 71.7 Å². The molecule has 26 heavy (non-hydrogen) atoms. The van der Waals surface area contributed by atoms with Crippen LogP contribution >= 0.6 is 0 Å². The second kappa shape index (κ2) is 7.62. The Hall–Kier alpha value is -2.79. The summed E-state index contributed by atoms with van der Waals surface area (Å²) in [6.07, 6.45) is 1.91. The van der Waals surface area contributed by atoms with Gasteiger partial charge >= 0.3 is 0 Å². The lowest BCUT2D eigenvalue weighted by molar-refractivity contribution is -0.115. The predicted molar refractivity (Wildman–Crippen MR) is 102 cm³/mol. The van der Waals surface area contributed by atoms with Crippen molar-refractivity contribution in [2.75, 3.05) is 18.5 Å². The highest BCUT2D eigenvalue weighted by molar-refractivity contribution is 5.96. The van der Waals surface area contributed by atoms with Crippen LogP contribution in [0, 0.1) is 20.8 Å². The maximum atomic E-state index is 12.4. The molecule has 3 aromatic rings. The van der Waals surface area contributed by atoms with E-state index in [0.717, 1.165) is 27.7 Å². The molecule has 0 aliphatic carbocycles. The lowest BCUT2D eigenvalue weighted by Crippen LogP contribution is -2.14. The average molecular weight is 353 g/mol. The summed E-state index contributed by atoms with van der Waals surface area (Å²) in [6.45, 7) is 6.18. The number of amides is 1. The van der Waals surface area contributed by atoms with Crippen LogP contribution in [-0.4, -0.2) is 24.2 Å². The first-order valence-electron chi connectivity index (χ1n) is 8.60. The van der Waals surface area contributed by atoms with Gasteiger partial charge in [0.05, 0.1) is 19.3 Å². The molecule has 0 bridgehead atoms. The number of hydrogen-bond acceptors (Lipinski definition) is 4. The number of aliphatic hydroxyl groups excluding tert-OH is 1. The molecule has 2 aromatic carbocycles. The van der Waals surface area contributed by atoms with Crippen LogP contribution in [0.4, 0.5) is 5.69 Å². The fourth-order valence-corrected chi connectivity index (χ4v) is 2.95. The normalized spacial score (nSPS) is 10.9. The van der Waals surface area contributed by atoms with Crippen molar-refractivity contribution in [3.05, 3.63) is 58.8 Å². The molecule has 5 heteroatoms. The highest BCUT2D eigenvalue weighted by atomic mass is 16.5. The Bertz CT molecular complexity index is 943. The number of aliphatic hydroxyl groups is 1. The van der Waals surface area contributed by atoms with Gasteiger partial charge in [0, 0.05) is 16.6 Å². The number of benzene rings is 2. The fraction of sp³-hybridized carbons (Fsp3) is 0.286. The van der Waals surface area contributed by atoms with Crippen molar-refractivity contribution >= 4 is 22.6 Å². The summed E-state index contributed by atoms with van der Waals surface area (Å²) in [7, 11) is 0. The summed E-state index contributed by atoms with van der Waals surface area (Å²) in [4.78, 5) is 12.4. The molecule has 0 aliphatic rings. The van der Waals surface area contributed by atoms with Gasteiger partial charge < -0.3 is 19.6 Å². The van der Waals surface area contributed by atoms with Gasteiger partial charge in [-0.1, -0.05) is 12.1 Å². The number of furan rings is 1. The van der Waals surface area contributed by atoms with Gasteiger partial charge in [0.25, 0.3) is 0 Å². The Morgan fingerprint density at radius 3 is 2.69 bits per heavy atom. The van der Waals surface area contributed by atoms with E-state index in [1.165, 1.54) is 5.56 Å². The van der Waals surface area contributed by atoms with Crippen molar-refractivity contribution in [1.29, 1.82) is 0 Å². The highest BCUT2D eigenvalue weighted by Gasteiger charge is 2.13. The van der Waals surface area contributed by atoms with Gasteiger partial charge in [-0.15, -0.1) is 0 Å². The van der Waals surface area contributed by atoms with E-state index in [-0.39, 0.29) is 25.5 Å². The summed E-state index contributed by atoms with van der Waals surface area (Å²) >= 11 is 0. The minimum Gasteiger partial charge on any atom is -0.491 e. The van der Waals surface area contributed by atoms with Crippen molar-refractivity contribution in [2.45, 2.75) is 27.2 Å². The zero-order chi connectivity index (χ0) is 18.7. The third-order valence-corrected chi connectivity index (χ3v) is 4.50. The summed E-state index contributed by atoms with van der Waals surface area (Å²) in [5, 5.41) is 12.7. The van der Waals surface area contributed by atoms with Gasteiger partial charge in [0.15, 0.2) is 0 Å². The van der Waals surface area contributed by atoms with E-state index in [0.29, 0.717) is 11.4 Å². The quantitative estimate of drug-likeness (QED) is 0.705. The van der Waals surface area contributed by atoms with Crippen molar-refractivity contribution in [3.8, 4) is 5.75 Å². The number of carbonyl (C=O) groups is 1. The molecule has 1 amide bonds. The van der Waals surface area contributed by atoms with E-state index in [4.69, 9.17) is 14.3 Å². The molecule has 0 unspecified atom stereocenters. The Morgan fingerprint density at radius 2 is 1.96 bits per heavy atom. The predicted octanol–water partition coefficient (Wildman–Crippen LogP) is 3.91. The maximum absolute atomic E-state index is 12.4. The van der Waals surface area contributed by atoms with Gasteiger partial charge in [0.2, 0.25) is 5.91 Å². The third kappa shape index (κ3) is 3.73. The SMILES string of the molecule is Cc1cc(NC(=O)Cc2coc3c(C)c(C)ccc23)ccc1OCCO. The van der Waals surface area contributed by atoms with Crippen LogP contribution in [0.25, 0.3) is 11.0 Å². The van der Waals surface area contributed by atoms with Gasteiger partial charge in [-0.2, -0.15) is 0 Å². The minimum atomic E-state index is -0.102. The van der Waals surface area contributed by atoms with Crippen LogP contribution in [0.3, 0.4) is 0 Å². The van der Waals surface area contributed by atoms with E-state index in [1.54, 1.807) is 18.4 Å². The molecule has 0 fully saturated rings. The molecule has 0 spiro atoms. The molecule has 0 atom stereocenters. The first-order chi connectivity index (χ1) is 12.5. The number of ether oxygens (including phenoxy) is 1. The van der Waals surface area contributed by atoms with E-state index >= 15 is 0 Å². The molecule has 0 saturated carbocycles. The lowest BCUT2D eigenvalue weighted by atomic mass is 10.0. The Balaban J connectivity index is 1.71. The summed E-state index contributed by atoms with van der Waals surface area (Å²) in [6, 6.07) is 9.48. The summed E-state index contributed by atoms with van der Waals surface area (Å²) in [5.74, 6) is 0.595. The van der Waals surface area contributed by atoms with Crippen molar-refractivity contribution in [2.24, 2.45) is 0 Å². The number of nitrogens with one attached hydrogen (secondary N) is 1. The van der Waals surface area contributed by atoms with E-state index in [2.05, 4.69) is 5.32 Å². The average Bonchev–Trinajstić information content (AvgIpc) is 3.01. The molecule has 3 rings (SSSR count). The largest absolute Gasteiger partial charge is 0.491 e. The van der Waals surface area contributed by atoms with Crippen LogP contribution in [0.5, 0.6) is 5.75 Å². The van der Waals surface area contributed by atoms with Gasteiger partial charge in [-0.25, -0.2) is 0 Å². The molecule has 0 saturated heterocycles. The number of carbonyl (C=O) groups excluding carboxylic acids is 1. The molecule has 1 heterocycles. The van der Waals surface area contributed by atoms with Gasteiger partial charge in [-0.3, -0.25) is 4.79 Å². The molecule has 1 aromatic heterocycles. The zero-order valence-electron chi connectivity index (χ0n) is 15.3. The highest BCUT2D eigenvalue weighted by Crippen LogP contribution is 2.27. The Kier molecular flexibility index (Phi) is 5.28. The monoisotopic (exact) mass is 353 g/mol. The van der Waals surface area contributed by atoms with Crippen LogP contribution in [-0.2, 0) is 11.2 Å². The van der Waals surface area contributed by atoms with Crippen LogP contribution < -0.4 is 10.1 Å². The van der Waals surface area contributed by atoms with Crippen molar-refractivity contribution in [3.63, 3.8) is 0 Å². The number of hydrogen-bond donors (Lipinski definition) is 2. The number of anilines is 1. The first-order valence-corrected chi connectivity index (χ1v) is 8.60. The molecule has 5 nitrogen and oxygen atoms in total. The molecule has 2 N–H and O–H groups in total. The summed E-state index contributed by atoms with van der Waals surface area (Å²) < 4.78 is 11.1. The first kappa shape index (κ1) is 18.0. The third-order valence-electron chi connectivity index (χ3n) is 4.50. The second-order valence-electron chi connectivity index (χ2n) is 6.42. The van der Waals surface area contributed by atoms with E-state index in [9.17, 15) is 4.79 Å². The smallest absolute Gasteiger partial charge is 0.228 e. The Labute approximate surface area is 152 Å². The van der Waals surface area contributed by atoms with E-state index < -0.39 is 0 Å². The standard InChI is InChI=1S/C21H23NO4/c1-13-4-6-18-16(12-26-21(18)15(13)3)11-20(24)22-17-5-7-19(14(2)10-17)25-9-8-23/h4-7,10,12,23H,8-9,11H2,1-3H3,(H,22,24). The van der Waals surface area contributed by atoms with Gasteiger partial charge in [0.1, 0.15) is 17.9 Å². The number of rotatable bonds is 6. The van der Waals surface area contributed by atoms with Crippen molar-refractivity contribution in [1.82, 2.24) is 0 Å². The van der Waals surface area contributed by atoms with E-state index in [1.807, 2.05) is 39.0 Å². The lowest BCUT2D eigenvalue weighted by Gasteiger charge is -2.10. The molecule has 0 radical (unpaired) electrons. The van der Waals surface area contributed by atoms with Gasteiger partial charge in [-0.05, 0) is 55.7 Å². The molecular weight excluding hydrogens is 330 g/mol.